The number of carbonyl (C=O) groups is 2. The summed E-state index contributed by atoms with van der Waals surface area (Å²) in [6.45, 7) is 2.41. The van der Waals surface area contributed by atoms with Gasteiger partial charge in [0.05, 0.1) is 6.54 Å². The van der Waals surface area contributed by atoms with Gasteiger partial charge in [-0.15, -0.1) is 0 Å². The lowest BCUT2D eigenvalue weighted by Gasteiger charge is -2.07. The topological polar surface area (TPSA) is 75.6 Å². The van der Waals surface area contributed by atoms with Crippen LogP contribution in [0, 0.1) is 6.92 Å². The average molecular weight is 299 g/mol. The third kappa shape index (κ3) is 4.34. The van der Waals surface area contributed by atoms with Gasteiger partial charge < -0.3 is 15.2 Å². The molecular weight excluding hydrogens is 282 g/mol. The fourth-order valence-corrected chi connectivity index (χ4v) is 1.90. The fraction of sp³-hybridized carbons (Fsp3) is 0.176. The van der Waals surface area contributed by atoms with Crippen molar-refractivity contribution >= 4 is 11.9 Å². The number of hydrogen-bond acceptors (Lipinski definition) is 3. The van der Waals surface area contributed by atoms with Gasteiger partial charge in [0.2, 0.25) is 0 Å². The number of carboxylic acid groups (broad SMARTS) is 1. The maximum Gasteiger partial charge on any atom is 0.404 e. The quantitative estimate of drug-likeness (QED) is 0.635. The lowest BCUT2D eigenvalue weighted by molar-refractivity contribution is 0.103. The van der Waals surface area contributed by atoms with Gasteiger partial charge in [0.15, 0.2) is 5.78 Å². The van der Waals surface area contributed by atoms with Crippen LogP contribution in [0.15, 0.2) is 48.5 Å². The highest BCUT2D eigenvalue weighted by Gasteiger charge is 2.08. The van der Waals surface area contributed by atoms with Crippen molar-refractivity contribution in [1.82, 2.24) is 5.32 Å². The Morgan fingerprint density at radius 3 is 2.09 bits per heavy atom. The molecule has 0 saturated carbocycles. The van der Waals surface area contributed by atoms with Crippen molar-refractivity contribution in [3.8, 4) is 5.75 Å². The van der Waals surface area contributed by atoms with Crippen molar-refractivity contribution in [2.75, 3.05) is 13.2 Å². The highest BCUT2D eigenvalue weighted by Crippen LogP contribution is 2.15. The first-order valence-corrected chi connectivity index (χ1v) is 6.87. The van der Waals surface area contributed by atoms with Crippen LogP contribution in [0.3, 0.4) is 0 Å². The Bertz CT molecular complexity index is 647. The molecule has 0 spiro atoms. The predicted molar refractivity (Wildman–Crippen MR) is 82.6 cm³/mol. The summed E-state index contributed by atoms with van der Waals surface area (Å²) in [5.74, 6) is 0.548. The lowest BCUT2D eigenvalue weighted by atomic mass is 10.0. The Morgan fingerprint density at radius 1 is 1.00 bits per heavy atom. The van der Waals surface area contributed by atoms with E-state index in [1.807, 2.05) is 19.1 Å². The van der Waals surface area contributed by atoms with E-state index in [9.17, 15) is 9.59 Å². The molecule has 5 nitrogen and oxygen atoms in total. The second-order valence-corrected chi connectivity index (χ2v) is 4.80. The molecule has 0 unspecified atom stereocenters. The second kappa shape index (κ2) is 7.26. The minimum Gasteiger partial charge on any atom is -0.492 e. The normalized spacial score (nSPS) is 10.0. The standard InChI is InChI=1S/C17H17NO4/c1-12-2-4-13(5-3-12)16(19)14-6-8-15(9-7-14)22-11-10-18-17(20)21/h2-9,18H,10-11H2,1H3,(H,20,21). The first-order chi connectivity index (χ1) is 10.6. The summed E-state index contributed by atoms with van der Waals surface area (Å²) in [7, 11) is 0. The monoisotopic (exact) mass is 299 g/mol. The molecule has 0 heterocycles. The van der Waals surface area contributed by atoms with E-state index >= 15 is 0 Å². The third-order valence-corrected chi connectivity index (χ3v) is 3.08. The van der Waals surface area contributed by atoms with Gasteiger partial charge in [0.1, 0.15) is 12.4 Å². The van der Waals surface area contributed by atoms with E-state index in [1.165, 1.54) is 0 Å². The summed E-state index contributed by atoms with van der Waals surface area (Å²) in [5, 5.41) is 10.6. The predicted octanol–water partition coefficient (Wildman–Crippen LogP) is 2.87. The largest absolute Gasteiger partial charge is 0.492 e. The maximum atomic E-state index is 12.3. The number of aryl methyl sites for hydroxylation is 1. The summed E-state index contributed by atoms with van der Waals surface area (Å²) < 4.78 is 5.38. The first kappa shape index (κ1) is 15.6. The Balaban J connectivity index is 1.95. The molecule has 0 fully saturated rings. The molecule has 114 valence electrons. The van der Waals surface area contributed by atoms with Crippen LogP contribution in [0.1, 0.15) is 21.5 Å². The molecule has 2 aromatic carbocycles. The van der Waals surface area contributed by atoms with E-state index in [1.54, 1.807) is 36.4 Å². The molecule has 1 amide bonds. The number of amides is 1. The van der Waals surface area contributed by atoms with Gasteiger partial charge in [-0.05, 0) is 31.2 Å². The van der Waals surface area contributed by atoms with Gasteiger partial charge in [-0.2, -0.15) is 0 Å². The summed E-state index contributed by atoms with van der Waals surface area (Å²) in [5.41, 5.74) is 2.33. The van der Waals surface area contributed by atoms with Gasteiger partial charge in [0.25, 0.3) is 0 Å². The maximum absolute atomic E-state index is 12.3. The Morgan fingerprint density at radius 2 is 1.55 bits per heavy atom. The molecule has 0 aliphatic rings. The summed E-state index contributed by atoms with van der Waals surface area (Å²) >= 11 is 0. The van der Waals surface area contributed by atoms with Crippen molar-refractivity contribution in [3.05, 3.63) is 65.2 Å². The minimum absolute atomic E-state index is 0.0425. The van der Waals surface area contributed by atoms with E-state index in [4.69, 9.17) is 9.84 Å². The molecule has 0 aromatic heterocycles. The third-order valence-electron chi connectivity index (χ3n) is 3.08. The number of benzene rings is 2. The number of nitrogens with one attached hydrogen (secondary N) is 1. The SMILES string of the molecule is Cc1ccc(C(=O)c2ccc(OCCNC(=O)O)cc2)cc1. The molecule has 5 heteroatoms. The van der Waals surface area contributed by atoms with Gasteiger partial charge in [-0.3, -0.25) is 4.79 Å². The van der Waals surface area contributed by atoms with Crippen LogP contribution < -0.4 is 10.1 Å². The molecular formula is C17H17NO4. The van der Waals surface area contributed by atoms with Crippen molar-refractivity contribution in [1.29, 1.82) is 0 Å². The van der Waals surface area contributed by atoms with Gasteiger partial charge in [-0.25, -0.2) is 4.79 Å². The van der Waals surface area contributed by atoms with Crippen LogP contribution in [0.5, 0.6) is 5.75 Å². The Kier molecular flexibility index (Phi) is 5.14. The van der Waals surface area contributed by atoms with E-state index in [2.05, 4.69) is 5.32 Å². The van der Waals surface area contributed by atoms with Gasteiger partial charge >= 0.3 is 6.09 Å². The zero-order chi connectivity index (χ0) is 15.9. The minimum atomic E-state index is -1.08. The Labute approximate surface area is 128 Å². The van der Waals surface area contributed by atoms with Crippen molar-refractivity contribution in [2.24, 2.45) is 0 Å². The molecule has 2 rings (SSSR count). The molecule has 0 saturated heterocycles. The molecule has 22 heavy (non-hydrogen) atoms. The van der Waals surface area contributed by atoms with Crippen LogP contribution in [-0.4, -0.2) is 30.1 Å². The second-order valence-electron chi connectivity index (χ2n) is 4.80. The number of ether oxygens (including phenoxy) is 1. The summed E-state index contributed by atoms with van der Waals surface area (Å²) in [6, 6.07) is 14.2. The molecule has 0 aliphatic carbocycles. The number of hydrogen-bond donors (Lipinski definition) is 2. The highest BCUT2D eigenvalue weighted by atomic mass is 16.5. The Hall–Kier alpha value is -2.82. The van der Waals surface area contributed by atoms with E-state index in [0.717, 1.165) is 5.56 Å². The summed E-state index contributed by atoms with van der Waals surface area (Å²) in [4.78, 5) is 22.6. The van der Waals surface area contributed by atoms with Crippen LogP contribution in [-0.2, 0) is 0 Å². The van der Waals surface area contributed by atoms with Crippen LogP contribution in [0.2, 0.25) is 0 Å². The molecule has 0 bridgehead atoms. The molecule has 0 radical (unpaired) electrons. The van der Waals surface area contributed by atoms with E-state index in [0.29, 0.717) is 16.9 Å². The van der Waals surface area contributed by atoms with Crippen molar-refractivity contribution in [3.63, 3.8) is 0 Å². The van der Waals surface area contributed by atoms with Gasteiger partial charge in [-0.1, -0.05) is 29.8 Å². The number of ketones is 1. The number of rotatable bonds is 6. The van der Waals surface area contributed by atoms with E-state index < -0.39 is 6.09 Å². The highest BCUT2D eigenvalue weighted by molar-refractivity contribution is 6.09. The molecule has 0 aliphatic heterocycles. The van der Waals surface area contributed by atoms with Crippen molar-refractivity contribution in [2.45, 2.75) is 6.92 Å². The van der Waals surface area contributed by atoms with Crippen molar-refractivity contribution < 1.29 is 19.4 Å². The van der Waals surface area contributed by atoms with Crippen LogP contribution in [0.25, 0.3) is 0 Å². The smallest absolute Gasteiger partial charge is 0.404 e. The number of carbonyl (C=O) groups excluding carboxylic acids is 1. The molecule has 2 aromatic rings. The molecule has 0 atom stereocenters. The average Bonchev–Trinajstić information content (AvgIpc) is 2.52. The van der Waals surface area contributed by atoms with Crippen LogP contribution in [0.4, 0.5) is 4.79 Å². The zero-order valence-electron chi connectivity index (χ0n) is 12.2. The van der Waals surface area contributed by atoms with Crippen LogP contribution >= 0.6 is 0 Å². The van der Waals surface area contributed by atoms with Gasteiger partial charge in [0, 0.05) is 11.1 Å². The lowest BCUT2D eigenvalue weighted by Crippen LogP contribution is -2.26. The van der Waals surface area contributed by atoms with E-state index in [-0.39, 0.29) is 18.9 Å². The fourth-order valence-electron chi connectivity index (χ4n) is 1.90. The zero-order valence-corrected chi connectivity index (χ0v) is 12.2. The summed E-state index contributed by atoms with van der Waals surface area (Å²) in [6.07, 6.45) is -1.08. The molecule has 2 N–H and O–H groups in total. The first-order valence-electron chi connectivity index (χ1n) is 6.87.